The van der Waals surface area contributed by atoms with Gasteiger partial charge in [-0.25, -0.2) is 9.78 Å². The van der Waals surface area contributed by atoms with E-state index in [0.717, 1.165) is 5.56 Å². The number of esters is 1. The maximum Gasteiger partial charge on any atom is 0.336 e. The molecule has 2 aromatic carbocycles. The maximum atomic E-state index is 11.9. The molecule has 0 aliphatic carbocycles. The van der Waals surface area contributed by atoms with Gasteiger partial charge < -0.3 is 13.6 Å². The summed E-state index contributed by atoms with van der Waals surface area (Å²) in [5.41, 5.74) is 2.08. The molecule has 4 rings (SSSR count). The van der Waals surface area contributed by atoms with E-state index in [1.807, 2.05) is 6.07 Å². The molecule has 0 fully saturated rings. The molecule has 0 spiro atoms. The Balaban J connectivity index is 1.86. The zero-order chi connectivity index (χ0) is 19.0. The van der Waals surface area contributed by atoms with E-state index in [9.17, 15) is 9.59 Å². The van der Waals surface area contributed by atoms with E-state index >= 15 is 0 Å². The van der Waals surface area contributed by atoms with Crippen LogP contribution in [0.5, 0.6) is 0 Å². The number of hydrogen-bond acceptors (Lipinski definition) is 6. The number of hydrogen-bond donors (Lipinski definition) is 0. The molecule has 0 aliphatic rings. The molecule has 2 heterocycles. The summed E-state index contributed by atoms with van der Waals surface area (Å²) in [5.74, 6) is -0.0126. The van der Waals surface area contributed by atoms with Gasteiger partial charge in [-0.2, -0.15) is 0 Å². The Hall–Kier alpha value is -3.12. The van der Waals surface area contributed by atoms with Crippen LogP contribution in [0, 0.1) is 0 Å². The van der Waals surface area contributed by atoms with E-state index in [0.29, 0.717) is 38.5 Å². The summed E-state index contributed by atoms with van der Waals surface area (Å²) >= 11 is 6.03. The minimum Gasteiger partial charge on any atom is -0.466 e. The van der Waals surface area contributed by atoms with E-state index in [1.165, 1.54) is 6.07 Å². The van der Waals surface area contributed by atoms with Crippen LogP contribution in [0.15, 0.2) is 56.1 Å². The minimum atomic E-state index is -0.546. The van der Waals surface area contributed by atoms with Gasteiger partial charge in [0.1, 0.15) is 11.1 Å². The van der Waals surface area contributed by atoms with E-state index in [4.69, 9.17) is 25.2 Å². The van der Waals surface area contributed by atoms with E-state index in [-0.39, 0.29) is 13.0 Å². The van der Waals surface area contributed by atoms with Crippen LogP contribution in [0.3, 0.4) is 0 Å². The van der Waals surface area contributed by atoms with Crippen molar-refractivity contribution < 1.29 is 18.4 Å². The van der Waals surface area contributed by atoms with Gasteiger partial charge in [-0.05, 0) is 36.8 Å². The van der Waals surface area contributed by atoms with Gasteiger partial charge in [-0.1, -0.05) is 17.7 Å². The summed E-state index contributed by atoms with van der Waals surface area (Å²) in [6, 6.07) is 11.8. The molecule has 0 N–H and O–H groups in total. The number of oxazole rings is 1. The van der Waals surface area contributed by atoms with Crippen molar-refractivity contribution >= 4 is 39.6 Å². The van der Waals surface area contributed by atoms with Gasteiger partial charge >= 0.3 is 11.6 Å². The number of carbonyl (C=O) groups excluding carboxylic acids is 1. The zero-order valence-electron chi connectivity index (χ0n) is 14.3. The lowest BCUT2D eigenvalue weighted by molar-refractivity contribution is -0.142. The molecule has 0 aliphatic heterocycles. The van der Waals surface area contributed by atoms with Crippen LogP contribution >= 0.6 is 11.6 Å². The number of halogens is 1. The lowest BCUT2D eigenvalue weighted by Crippen LogP contribution is -2.10. The van der Waals surface area contributed by atoms with Crippen molar-refractivity contribution in [3.8, 4) is 11.5 Å². The molecule has 2 aromatic heterocycles. The fourth-order valence-corrected chi connectivity index (χ4v) is 3.10. The normalized spacial score (nSPS) is 11.2. The first-order valence-corrected chi connectivity index (χ1v) is 8.70. The number of fused-ring (bicyclic) bond motifs is 2. The number of benzene rings is 2. The third-order valence-electron chi connectivity index (χ3n) is 4.05. The van der Waals surface area contributed by atoms with E-state index in [1.54, 1.807) is 37.3 Å². The van der Waals surface area contributed by atoms with Gasteiger partial charge in [-0.15, -0.1) is 0 Å². The Morgan fingerprint density at radius 2 is 2.00 bits per heavy atom. The highest BCUT2D eigenvalue weighted by Gasteiger charge is 2.15. The van der Waals surface area contributed by atoms with Crippen molar-refractivity contribution in [3.05, 3.63) is 63.5 Å². The summed E-state index contributed by atoms with van der Waals surface area (Å²) in [6.07, 6.45) is -0.0273. The van der Waals surface area contributed by atoms with Gasteiger partial charge in [-0.3, -0.25) is 4.79 Å². The first-order valence-electron chi connectivity index (χ1n) is 8.32. The minimum absolute atomic E-state index is 0.0273. The molecular weight excluding hydrogens is 370 g/mol. The molecule has 0 saturated heterocycles. The number of aromatic nitrogens is 1. The van der Waals surface area contributed by atoms with Gasteiger partial charge in [0.05, 0.1) is 13.0 Å². The van der Waals surface area contributed by atoms with E-state index < -0.39 is 11.6 Å². The molecule has 0 amide bonds. The molecule has 0 saturated carbocycles. The van der Waals surface area contributed by atoms with Crippen molar-refractivity contribution in [1.29, 1.82) is 0 Å². The molecule has 136 valence electrons. The molecule has 0 radical (unpaired) electrons. The van der Waals surface area contributed by atoms with Crippen LogP contribution in [-0.2, 0) is 16.0 Å². The molecule has 0 bridgehead atoms. The Bertz CT molecular complexity index is 1220. The predicted molar refractivity (Wildman–Crippen MR) is 101 cm³/mol. The van der Waals surface area contributed by atoms with Gasteiger partial charge in [0.2, 0.25) is 5.89 Å². The molecule has 7 heteroatoms. The Morgan fingerprint density at radius 3 is 2.78 bits per heavy atom. The highest BCUT2D eigenvalue weighted by Crippen LogP contribution is 2.30. The second-order valence-electron chi connectivity index (χ2n) is 5.92. The maximum absolute atomic E-state index is 11.9. The number of carbonyl (C=O) groups is 1. The summed E-state index contributed by atoms with van der Waals surface area (Å²) in [7, 11) is 0. The smallest absolute Gasteiger partial charge is 0.336 e. The molecule has 0 unspecified atom stereocenters. The van der Waals surface area contributed by atoms with Gasteiger partial charge in [0.15, 0.2) is 5.58 Å². The van der Waals surface area contributed by atoms with Crippen molar-refractivity contribution in [2.24, 2.45) is 0 Å². The fourth-order valence-electron chi connectivity index (χ4n) is 2.91. The summed E-state index contributed by atoms with van der Waals surface area (Å²) < 4.78 is 16.0. The quantitative estimate of drug-likeness (QED) is 0.384. The largest absolute Gasteiger partial charge is 0.466 e. The topological polar surface area (TPSA) is 82.5 Å². The van der Waals surface area contributed by atoms with Crippen molar-refractivity contribution in [3.63, 3.8) is 0 Å². The first kappa shape index (κ1) is 17.3. The Kier molecular flexibility index (Phi) is 4.41. The third-order valence-corrected chi connectivity index (χ3v) is 4.29. The van der Waals surface area contributed by atoms with Crippen LogP contribution in [-0.4, -0.2) is 17.6 Å². The second-order valence-corrected chi connectivity index (χ2v) is 6.35. The zero-order valence-corrected chi connectivity index (χ0v) is 15.1. The fraction of sp³-hybridized carbons (Fsp3) is 0.150. The molecular formula is C20H14ClNO5. The first-order chi connectivity index (χ1) is 13.0. The SMILES string of the molecule is CCOC(=O)Cc1cc(=O)oc2cc3oc(-c4cccc(Cl)c4)nc3cc12. The Labute approximate surface area is 158 Å². The average molecular weight is 384 g/mol. The summed E-state index contributed by atoms with van der Waals surface area (Å²) in [5, 5.41) is 1.18. The monoisotopic (exact) mass is 383 g/mol. The number of ether oxygens (including phenoxy) is 1. The molecule has 27 heavy (non-hydrogen) atoms. The highest BCUT2D eigenvalue weighted by molar-refractivity contribution is 6.30. The van der Waals surface area contributed by atoms with Gasteiger partial charge in [0.25, 0.3) is 0 Å². The lowest BCUT2D eigenvalue weighted by atomic mass is 10.1. The van der Waals surface area contributed by atoms with Gasteiger partial charge in [0, 0.05) is 28.1 Å². The van der Waals surface area contributed by atoms with Crippen LogP contribution in [0.1, 0.15) is 12.5 Å². The molecule has 6 nitrogen and oxygen atoms in total. The predicted octanol–water partition coefficient (Wildman–Crippen LogP) is 4.36. The third kappa shape index (κ3) is 3.44. The van der Waals surface area contributed by atoms with Crippen LogP contribution in [0.25, 0.3) is 33.5 Å². The number of nitrogens with zero attached hydrogens (tertiary/aromatic N) is 1. The lowest BCUT2D eigenvalue weighted by Gasteiger charge is -2.05. The summed E-state index contributed by atoms with van der Waals surface area (Å²) in [6.45, 7) is 2.00. The summed E-state index contributed by atoms with van der Waals surface area (Å²) in [4.78, 5) is 28.2. The van der Waals surface area contributed by atoms with Crippen LogP contribution < -0.4 is 5.63 Å². The molecule has 4 aromatic rings. The average Bonchev–Trinajstić information content (AvgIpc) is 3.03. The van der Waals surface area contributed by atoms with Crippen LogP contribution in [0.4, 0.5) is 0 Å². The molecule has 0 atom stereocenters. The van der Waals surface area contributed by atoms with Crippen molar-refractivity contribution in [1.82, 2.24) is 4.98 Å². The Morgan fingerprint density at radius 1 is 1.15 bits per heavy atom. The van der Waals surface area contributed by atoms with Crippen LogP contribution in [0.2, 0.25) is 5.02 Å². The van der Waals surface area contributed by atoms with E-state index in [2.05, 4.69) is 4.98 Å². The standard InChI is InChI=1S/C20H14ClNO5/c1-2-25-18(23)7-12-8-19(24)26-16-10-17-15(9-14(12)16)22-20(27-17)11-4-3-5-13(21)6-11/h3-6,8-10H,2,7H2,1H3. The second kappa shape index (κ2) is 6.89. The van der Waals surface area contributed by atoms with Crippen molar-refractivity contribution in [2.75, 3.05) is 6.61 Å². The van der Waals surface area contributed by atoms with Crippen molar-refractivity contribution in [2.45, 2.75) is 13.3 Å². The number of rotatable bonds is 4. The highest BCUT2D eigenvalue weighted by atomic mass is 35.5.